The second kappa shape index (κ2) is 5.48. The standard InChI is InChI=1S/C18H17N3O/c1-11-7-8-17(22)14(9-11)16-10-15(20-18(19)21-16)13-6-4-3-5-12(13)2/h3-10,22H,1-2H3,(H2,19,20,21). The molecule has 0 aliphatic heterocycles. The van der Waals surface area contributed by atoms with Gasteiger partial charge in [-0.15, -0.1) is 0 Å². The average Bonchev–Trinajstić information content (AvgIpc) is 2.49. The number of benzene rings is 2. The van der Waals surface area contributed by atoms with Gasteiger partial charge in [0.2, 0.25) is 5.95 Å². The Morgan fingerprint density at radius 1 is 0.864 bits per heavy atom. The number of anilines is 1. The number of nitrogens with zero attached hydrogens (tertiary/aromatic N) is 2. The SMILES string of the molecule is Cc1ccc(O)c(-c2cc(-c3ccccc3C)nc(N)n2)c1. The predicted octanol–water partition coefficient (Wildman–Crippen LogP) is 3.72. The normalized spacial score (nSPS) is 10.6. The van der Waals surface area contributed by atoms with Gasteiger partial charge in [-0.2, -0.15) is 0 Å². The molecule has 22 heavy (non-hydrogen) atoms. The van der Waals surface area contributed by atoms with Gasteiger partial charge in [0.25, 0.3) is 0 Å². The molecule has 0 saturated carbocycles. The van der Waals surface area contributed by atoms with Crippen molar-refractivity contribution in [2.24, 2.45) is 0 Å². The summed E-state index contributed by atoms with van der Waals surface area (Å²) >= 11 is 0. The molecule has 0 unspecified atom stereocenters. The number of hydrogen-bond acceptors (Lipinski definition) is 4. The number of hydrogen-bond donors (Lipinski definition) is 2. The minimum Gasteiger partial charge on any atom is -0.507 e. The maximum absolute atomic E-state index is 10.1. The third-order valence-electron chi connectivity index (χ3n) is 3.59. The van der Waals surface area contributed by atoms with Crippen LogP contribution in [0.2, 0.25) is 0 Å². The molecule has 0 spiro atoms. The Balaban J connectivity index is 2.19. The third kappa shape index (κ3) is 2.63. The van der Waals surface area contributed by atoms with Crippen LogP contribution >= 0.6 is 0 Å². The number of nitrogens with two attached hydrogens (primary N) is 1. The molecule has 4 nitrogen and oxygen atoms in total. The topological polar surface area (TPSA) is 72.0 Å². The zero-order valence-electron chi connectivity index (χ0n) is 12.5. The van der Waals surface area contributed by atoms with Crippen LogP contribution in [0.5, 0.6) is 5.75 Å². The second-order valence-corrected chi connectivity index (χ2v) is 5.33. The van der Waals surface area contributed by atoms with E-state index in [1.54, 1.807) is 6.07 Å². The van der Waals surface area contributed by atoms with E-state index in [2.05, 4.69) is 9.97 Å². The number of nitrogen functional groups attached to an aromatic ring is 1. The van der Waals surface area contributed by atoms with Gasteiger partial charge in [0.15, 0.2) is 0 Å². The Morgan fingerprint density at radius 3 is 2.27 bits per heavy atom. The number of aromatic hydroxyl groups is 1. The van der Waals surface area contributed by atoms with E-state index < -0.39 is 0 Å². The minimum absolute atomic E-state index is 0.180. The average molecular weight is 291 g/mol. The number of phenols is 1. The largest absolute Gasteiger partial charge is 0.507 e. The van der Waals surface area contributed by atoms with Crippen LogP contribution in [-0.2, 0) is 0 Å². The first-order valence-corrected chi connectivity index (χ1v) is 7.05. The van der Waals surface area contributed by atoms with Gasteiger partial charge in [0.1, 0.15) is 5.75 Å². The highest BCUT2D eigenvalue weighted by Gasteiger charge is 2.11. The smallest absolute Gasteiger partial charge is 0.221 e. The van der Waals surface area contributed by atoms with Crippen LogP contribution in [0.25, 0.3) is 22.5 Å². The molecule has 3 rings (SSSR count). The van der Waals surface area contributed by atoms with Crippen molar-refractivity contribution in [2.45, 2.75) is 13.8 Å². The summed E-state index contributed by atoms with van der Waals surface area (Å²) in [6.07, 6.45) is 0. The van der Waals surface area contributed by atoms with E-state index in [-0.39, 0.29) is 11.7 Å². The first kappa shape index (κ1) is 14.1. The van der Waals surface area contributed by atoms with Crippen LogP contribution in [0.4, 0.5) is 5.95 Å². The fourth-order valence-electron chi connectivity index (χ4n) is 2.46. The molecule has 0 amide bonds. The van der Waals surface area contributed by atoms with Crippen LogP contribution in [0, 0.1) is 13.8 Å². The van der Waals surface area contributed by atoms with Gasteiger partial charge in [-0.1, -0.05) is 35.9 Å². The van der Waals surface area contributed by atoms with Crippen LogP contribution in [0.3, 0.4) is 0 Å². The molecule has 0 bridgehead atoms. The molecule has 0 atom stereocenters. The summed E-state index contributed by atoms with van der Waals surface area (Å²) in [5, 5.41) is 10.1. The number of phenolic OH excluding ortho intramolecular Hbond substituents is 1. The van der Waals surface area contributed by atoms with Crippen molar-refractivity contribution in [1.29, 1.82) is 0 Å². The molecule has 0 saturated heterocycles. The molecular formula is C18H17N3O. The van der Waals surface area contributed by atoms with Gasteiger partial charge in [-0.3, -0.25) is 0 Å². The zero-order valence-corrected chi connectivity index (χ0v) is 12.5. The lowest BCUT2D eigenvalue weighted by Gasteiger charge is -2.10. The zero-order chi connectivity index (χ0) is 15.7. The van der Waals surface area contributed by atoms with Gasteiger partial charge in [-0.25, -0.2) is 9.97 Å². The number of aromatic nitrogens is 2. The Labute approximate surface area is 129 Å². The lowest BCUT2D eigenvalue weighted by Crippen LogP contribution is -1.99. The van der Waals surface area contributed by atoms with Crippen molar-refractivity contribution in [3.8, 4) is 28.3 Å². The van der Waals surface area contributed by atoms with Crippen molar-refractivity contribution in [1.82, 2.24) is 9.97 Å². The maximum Gasteiger partial charge on any atom is 0.221 e. The fraction of sp³-hybridized carbons (Fsp3) is 0.111. The van der Waals surface area contributed by atoms with Crippen molar-refractivity contribution in [2.75, 3.05) is 5.73 Å². The number of aryl methyl sites for hydroxylation is 2. The lowest BCUT2D eigenvalue weighted by atomic mass is 10.0. The molecule has 4 heteroatoms. The van der Waals surface area contributed by atoms with E-state index in [1.165, 1.54) is 0 Å². The molecule has 1 heterocycles. The molecule has 0 aliphatic carbocycles. The molecule has 1 aromatic heterocycles. The van der Waals surface area contributed by atoms with Crippen LogP contribution in [0.1, 0.15) is 11.1 Å². The van der Waals surface area contributed by atoms with Gasteiger partial charge >= 0.3 is 0 Å². The molecule has 2 aromatic carbocycles. The predicted molar refractivity (Wildman–Crippen MR) is 88.5 cm³/mol. The van der Waals surface area contributed by atoms with Crippen LogP contribution in [-0.4, -0.2) is 15.1 Å². The van der Waals surface area contributed by atoms with E-state index in [9.17, 15) is 5.11 Å². The van der Waals surface area contributed by atoms with Crippen molar-refractivity contribution in [3.63, 3.8) is 0 Å². The van der Waals surface area contributed by atoms with Crippen molar-refractivity contribution >= 4 is 5.95 Å². The first-order valence-electron chi connectivity index (χ1n) is 7.05. The van der Waals surface area contributed by atoms with E-state index in [0.717, 1.165) is 22.4 Å². The van der Waals surface area contributed by atoms with Gasteiger partial charge in [-0.05, 0) is 37.6 Å². The summed E-state index contributed by atoms with van der Waals surface area (Å²) in [5.41, 5.74) is 11.1. The van der Waals surface area contributed by atoms with E-state index in [0.29, 0.717) is 11.3 Å². The van der Waals surface area contributed by atoms with E-state index in [4.69, 9.17) is 5.73 Å². The molecular weight excluding hydrogens is 274 g/mol. The second-order valence-electron chi connectivity index (χ2n) is 5.33. The highest BCUT2D eigenvalue weighted by atomic mass is 16.3. The Kier molecular flexibility index (Phi) is 3.51. The highest BCUT2D eigenvalue weighted by Crippen LogP contribution is 2.32. The first-order chi connectivity index (χ1) is 10.5. The summed E-state index contributed by atoms with van der Waals surface area (Å²) in [4.78, 5) is 8.60. The summed E-state index contributed by atoms with van der Waals surface area (Å²) in [7, 11) is 0. The molecule has 0 radical (unpaired) electrons. The molecule has 3 aromatic rings. The quantitative estimate of drug-likeness (QED) is 0.755. The fourth-order valence-corrected chi connectivity index (χ4v) is 2.46. The summed E-state index contributed by atoms with van der Waals surface area (Å²) in [6, 6.07) is 15.2. The summed E-state index contributed by atoms with van der Waals surface area (Å²) < 4.78 is 0. The van der Waals surface area contributed by atoms with Crippen molar-refractivity contribution < 1.29 is 5.11 Å². The molecule has 0 fully saturated rings. The minimum atomic E-state index is 0.180. The Hall–Kier alpha value is -2.88. The van der Waals surface area contributed by atoms with Gasteiger partial charge in [0, 0.05) is 11.1 Å². The molecule has 3 N–H and O–H groups in total. The lowest BCUT2D eigenvalue weighted by molar-refractivity contribution is 0.477. The Morgan fingerprint density at radius 2 is 1.55 bits per heavy atom. The van der Waals surface area contributed by atoms with Gasteiger partial charge in [0.05, 0.1) is 11.4 Å². The summed E-state index contributed by atoms with van der Waals surface area (Å²) in [6.45, 7) is 3.99. The molecule has 110 valence electrons. The molecule has 0 aliphatic rings. The number of rotatable bonds is 2. The maximum atomic E-state index is 10.1. The van der Waals surface area contributed by atoms with E-state index >= 15 is 0 Å². The summed E-state index contributed by atoms with van der Waals surface area (Å²) in [5.74, 6) is 0.371. The van der Waals surface area contributed by atoms with Crippen LogP contribution < -0.4 is 5.73 Å². The third-order valence-corrected chi connectivity index (χ3v) is 3.59. The van der Waals surface area contributed by atoms with E-state index in [1.807, 2.05) is 56.3 Å². The highest BCUT2D eigenvalue weighted by molar-refractivity contribution is 5.74. The monoisotopic (exact) mass is 291 g/mol. The van der Waals surface area contributed by atoms with Crippen LogP contribution in [0.15, 0.2) is 48.5 Å². The van der Waals surface area contributed by atoms with Crippen molar-refractivity contribution in [3.05, 3.63) is 59.7 Å². The Bertz CT molecular complexity index is 843. The van der Waals surface area contributed by atoms with Gasteiger partial charge < -0.3 is 10.8 Å².